The van der Waals surface area contributed by atoms with Crippen LogP contribution in [-0.4, -0.2) is 5.91 Å². The lowest BCUT2D eigenvalue weighted by molar-refractivity contribution is -0.121. The third-order valence-corrected chi connectivity index (χ3v) is 3.75. The Morgan fingerprint density at radius 1 is 1.10 bits per heavy atom. The lowest BCUT2D eigenvalue weighted by Gasteiger charge is -2.17. The molecule has 0 aromatic heterocycles. The monoisotopic (exact) mass is 281 g/mol. The van der Waals surface area contributed by atoms with Crippen LogP contribution >= 0.6 is 0 Å². The minimum atomic E-state index is 0.0499. The van der Waals surface area contributed by atoms with E-state index in [1.165, 1.54) is 22.3 Å². The van der Waals surface area contributed by atoms with Crippen LogP contribution in [0.15, 0.2) is 48.5 Å². The first-order chi connectivity index (χ1) is 10.1. The van der Waals surface area contributed by atoms with E-state index < -0.39 is 0 Å². The van der Waals surface area contributed by atoms with Crippen molar-refractivity contribution in [3.8, 4) is 0 Å². The Labute approximate surface area is 127 Å². The molecule has 0 saturated carbocycles. The summed E-state index contributed by atoms with van der Waals surface area (Å²) in [5.74, 6) is 0.103. The molecule has 1 atom stereocenters. The Bertz CT molecular complexity index is 604. The number of amides is 1. The number of aryl methyl sites for hydroxylation is 3. The molecule has 21 heavy (non-hydrogen) atoms. The molecule has 0 unspecified atom stereocenters. The van der Waals surface area contributed by atoms with Crippen LogP contribution in [0.25, 0.3) is 0 Å². The average Bonchev–Trinajstić information content (AvgIpc) is 2.46. The Balaban J connectivity index is 1.90. The van der Waals surface area contributed by atoms with Crippen molar-refractivity contribution < 1.29 is 4.79 Å². The zero-order valence-electron chi connectivity index (χ0n) is 13.0. The molecule has 110 valence electrons. The van der Waals surface area contributed by atoms with Crippen molar-refractivity contribution in [2.75, 3.05) is 0 Å². The molecule has 0 fully saturated rings. The minimum Gasteiger partial charge on any atom is -0.350 e. The number of benzene rings is 2. The number of hydrogen-bond acceptors (Lipinski definition) is 1. The highest BCUT2D eigenvalue weighted by molar-refractivity contribution is 5.76. The van der Waals surface area contributed by atoms with Crippen molar-refractivity contribution in [1.82, 2.24) is 5.32 Å². The lowest BCUT2D eigenvalue weighted by Crippen LogP contribution is -2.27. The van der Waals surface area contributed by atoms with Gasteiger partial charge in [0.2, 0.25) is 5.91 Å². The van der Waals surface area contributed by atoms with Crippen LogP contribution in [0.1, 0.15) is 41.6 Å². The van der Waals surface area contributed by atoms with E-state index in [9.17, 15) is 4.79 Å². The molecule has 2 nitrogen and oxygen atoms in total. The van der Waals surface area contributed by atoms with Gasteiger partial charge >= 0.3 is 0 Å². The zero-order valence-corrected chi connectivity index (χ0v) is 13.0. The maximum atomic E-state index is 12.1. The summed E-state index contributed by atoms with van der Waals surface area (Å²) >= 11 is 0. The summed E-state index contributed by atoms with van der Waals surface area (Å²) in [4.78, 5) is 12.1. The van der Waals surface area contributed by atoms with Crippen LogP contribution in [0.2, 0.25) is 0 Å². The lowest BCUT2D eigenvalue weighted by atomic mass is 10.00. The fraction of sp³-hybridized carbons (Fsp3) is 0.316. The normalized spacial score (nSPS) is 12.0. The Morgan fingerprint density at radius 3 is 2.48 bits per heavy atom. The van der Waals surface area contributed by atoms with Crippen LogP contribution in [0, 0.1) is 13.8 Å². The molecule has 2 rings (SSSR count). The first kappa shape index (κ1) is 15.3. The van der Waals surface area contributed by atoms with E-state index >= 15 is 0 Å². The molecular weight excluding hydrogens is 258 g/mol. The highest BCUT2D eigenvalue weighted by atomic mass is 16.1. The maximum absolute atomic E-state index is 12.1. The molecule has 0 aliphatic rings. The van der Waals surface area contributed by atoms with Crippen molar-refractivity contribution in [3.05, 3.63) is 70.8 Å². The molecule has 2 heteroatoms. The number of carbonyl (C=O) groups excluding carboxylic acids is 1. The summed E-state index contributed by atoms with van der Waals surface area (Å²) in [7, 11) is 0. The minimum absolute atomic E-state index is 0.0499. The highest BCUT2D eigenvalue weighted by Crippen LogP contribution is 2.18. The summed E-state index contributed by atoms with van der Waals surface area (Å²) in [5, 5.41) is 3.09. The van der Waals surface area contributed by atoms with E-state index in [0.717, 1.165) is 6.42 Å². The van der Waals surface area contributed by atoms with Crippen molar-refractivity contribution in [2.45, 2.75) is 39.7 Å². The van der Waals surface area contributed by atoms with Gasteiger partial charge in [0, 0.05) is 6.42 Å². The van der Waals surface area contributed by atoms with Crippen LogP contribution < -0.4 is 5.32 Å². The van der Waals surface area contributed by atoms with Gasteiger partial charge in [0.25, 0.3) is 0 Å². The average molecular weight is 281 g/mol. The van der Waals surface area contributed by atoms with Gasteiger partial charge in [-0.1, -0.05) is 54.1 Å². The number of rotatable bonds is 5. The second-order valence-electron chi connectivity index (χ2n) is 5.63. The number of hydrogen-bond donors (Lipinski definition) is 1. The Morgan fingerprint density at radius 2 is 1.81 bits per heavy atom. The fourth-order valence-electron chi connectivity index (χ4n) is 2.61. The number of nitrogens with one attached hydrogen (secondary N) is 1. The Hall–Kier alpha value is -2.09. The molecule has 0 aliphatic heterocycles. The van der Waals surface area contributed by atoms with E-state index in [1.807, 2.05) is 25.1 Å². The molecule has 2 aromatic carbocycles. The fourth-order valence-corrected chi connectivity index (χ4v) is 2.61. The molecule has 1 N–H and O–H groups in total. The summed E-state index contributed by atoms with van der Waals surface area (Å²) in [6.07, 6.45) is 1.31. The van der Waals surface area contributed by atoms with Crippen molar-refractivity contribution in [2.24, 2.45) is 0 Å². The smallest absolute Gasteiger partial charge is 0.220 e. The molecule has 0 saturated heterocycles. The van der Waals surface area contributed by atoms with Crippen molar-refractivity contribution in [3.63, 3.8) is 0 Å². The summed E-state index contributed by atoms with van der Waals surface area (Å²) in [6, 6.07) is 16.5. The molecule has 0 spiro atoms. The van der Waals surface area contributed by atoms with Gasteiger partial charge in [-0.15, -0.1) is 0 Å². The second kappa shape index (κ2) is 7.07. The summed E-state index contributed by atoms with van der Waals surface area (Å²) in [6.45, 7) is 6.22. The van der Waals surface area contributed by atoms with E-state index in [-0.39, 0.29) is 11.9 Å². The first-order valence-corrected chi connectivity index (χ1v) is 7.46. The van der Waals surface area contributed by atoms with Gasteiger partial charge in [-0.2, -0.15) is 0 Å². The van der Waals surface area contributed by atoms with Gasteiger partial charge in [0.15, 0.2) is 0 Å². The summed E-state index contributed by atoms with van der Waals surface area (Å²) < 4.78 is 0. The standard InChI is InChI=1S/C19H23NO/c1-14-9-11-18(15(2)13-14)16(3)20-19(21)12-10-17-7-5-4-6-8-17/h4-9,11,13,16H,10,12H2,1-3H3,(H,20,21)/t16-/m0/s1. The molecule has 1 amide bonds. The van der Waals surface area contributed by atoms with Crippen molar-refractivity contribution in [1.29, 1.82) is 0 Å². The van der Waals surface area contributed by atoms with Crippen LogP contribution in [0.5, 0.6) is 0 Å². The van der Waals surface area contributed by atoms with E-state index in [4.69, 9.17) is 0 Å². The van der Waals surface area contributed by atoms with Crippen molar-refractivity contribution >= 4 is 5.91 Å². The molecule has 0 bridgehead atoms. The largest absolute Gasteiger partial charge is 0.350 e. The molecule has 0 aliphatic carbocycles. The van der Waals surface area contributed by atoms with Gasteiger partial charge in [-0.25, -0.2) is 0 Å². The third kappa shape index (κ3) is 4.45. The first-order valence-electron chi connectivity index (χ1n) is 7.46. The number of carbonyl (C=O) groups is 1. The van der Waals surface area contributed by atoms with E-state index in [1.54, 1.807) is 0 Å². The van der Waals surface area contributed by atoms with E-state index in [0.29, 0.717) is 6.42 Å². The summed E-state index contributed by atoms with van der Waals surface area (Å²) in [5.41, 5.74) is 4.87. The molecule has 0 heterocycles. The van der Waals surface area contributed by atoms with Gasteiger partial charge in [-0.3, -0.25) is 4.79 Å². The van der Waals surface area contributed by atoms with Crippen LogP contribution in [0.4, 0.5) is 0 Å². The molecule has 2 aromatic rings. The van der Waals surface area contributed by atoms with E-state index in [2.05, 4.69) is 49.5 Å². The van der Waals surface area contributed by atoms with Gasteiger partial charge in [0.1, 0.15) is 0 Å². The van der Waals surface area contributed by atoms with Gasteiger partial charge < -0.3 is 5.32 Å². The Kier molecular flexibility index (Phi) is 5.15. The SMILES string of the molecule is Cc1ccc([C@H](C)NC(=O)CCc2ccccc2)c(C)c1. The molecule has 0 radical (unpaired) electrons. The highest BCUT2D eigenvalue weighted by Gasteiger charge is 2.11. The third-order valence-electron chi connectivity index (χ3n) is 3.75. The maximum Gasteiger partial charge on any atom is 0.220 e. The topological polar surface area (TPSA) is 29.1 Å². The van der Waals surface area contributed by atoms with Gasteiger partial charge in [-0.05, 0) is 43.9 Å². The van der Waals surface area contributed by atoms with Crippen LogP contribution in [-0.2, 0) is 11.2 Å². The van der Waals surface area contributed by atoms with Crippen LogP contribution in [0.3, 0.4) is 0 Å². The zero-order chi connectivity index (χ0) is 15.2. The molecular formula is C19H23NO. The predicted octanol–water partition coefficient (Wildman–Crippen LogP) is 4.11. The quantitative estimate of drug-likeness (QED) is 0.878. The second-order valence-corrected chi connectivity index (χ2v) is 5.63. The van der Waals surface area contributed by atoms with Gasteiger partial charge in [0.05, 0.1) is 6.04 Å². The predicted molar refractivity (Wildman–Crippen MR) is 87.2 cm³/mol.